The van der Waals surface area contributed by atoms with Gasteiger partial charge in [-0.15, -0.1) is 10.2 Å². The summed E-state index contributed by atoms with van der Waals surface area (Å²) < 4.78 is 7.84. The average Bonchev–Trinajstić information content (AvgIpc) is 3.46. The zero-order valence-corrected chi connectivity index (χ0v) is 19.2. The Morgan fingerprint density at radius 1 is 0.938 bits per heavy atom. The van der Waals surface area contributed by atoms with E-state index in [-0.39, 0.29) is 0 Å². The first-order valence-corrected chi connectivity index (χ1v) is 12.2. The monoisotopic (exact) mass is 465 g/mol. The van der Waals surface area contributed by atoms with Crippen molar-refractivity contribution in [2.24, 2.45) is 0 Å². The fourth-order valence-electron chi connectivity index (χ4n) is 3.92. The lowest BCUT2D eigenvalue weighted by Gasteiger charge is -2.26. The first-order chi connectivity index (χ1) is 15.8. The topological polar surface area (TPSA) is 60.0 Å². The molecule has 0 atom stereocenters. The summed E-state index contributed by atoms with van der Waals surface area (Å²) in [4.78, 5) is 7.09. The fourth-order valence-corrected chi connectivity index (χ4v) is 4.98. The van der Waals surface area contributed by atoms with Crippen molar-refractivity contribution >= 4 is 23.4 Å². The number of nitrogens with zero attached hydrogens (tertiary/aromatic N) is 5. The normalized spacial score (nSPS) is 14.7. The van der Waals surface area contributed by atoms with Crippen molar-refractivity contribution < 1.29 is 4.42 Å². The molecule has 0 amide bonds. The number of para-hydroxylation sites is 1. The van der Waals surface area contributed by atoms with E-state index in [0.717, 1.165) is 47.6 Å². The molecule has 164 valence electrons. The fraction of sp³-hybridized carbons (Fsp3) is 0.292. The molecule has 0 unspecified atom stereocenters. The molecule has 1 fully saturated rings. The number of hydrogen-bond acceptors (Lipinski definition) is 6. The summed E-state index contributed by atoms with van der Waals surface area (Å²) >= 11 is 7.89. The predicted octanol–water partition coefficient (Wildman–Crippen LogP) is 5.85. The molecular formula is C24H24ClN5OS. The van der Waals surface area contributed by atoms with Gasteiger partial charge in [-0.25, -0.2) is 4.98 Å². The van der Waals surface area contributed by atoms with Gasteiger partial charge in [-0.2, -0.15) is 0 Å². The number of hydrogen-bond donors (Lipinski definition) is 0. The van der Waals surface area contributed by atoms with Crippen molar-refractivity contribution in [1.29, 1.82) is 0 Å². The molecule has 2 aromatic heterocycles. The predicted molar refractivity (Wildman–Crippen MR) is 127 cm³/mol. The molecule has 5 rings (SSSR count). The number of benzene rings is 2. The van der Waals surface area contributed by atoms with E-state index in [1.807, 2.05) is 42.5 Å². The molecule has 6 nitrogen and oxygen atoms in total. The highest BCUT2D eigenvalue weighted by atomic mass is 35.5. The second-order valence-corrected chi connectivity index (χ2v) is 9.17. The summed E-state index contributed by atoms with van der Waals surface area (Å²) in [6.45, 7) is 3.05. The van der Waals surface area contributed by atoms with Crippen LogP contribution in [-0.4, -0.2) is 37.7 Å². The van der Waals surface area contributed by atoms with Crippen LogP contribution in [0.15, 0.2) is 70.4 Å². The first kappa shape index (κ1) is 21.2. The standard InChI is InChI=1S/C24H24ClN5OS/c25-21-12-6-5-11-20(21)23-26-18(16-31-23)17-32-24-28-27-22(15-29-13-7-2-8-14-29)30(24)19-9-3-1-4-10-19/h1,3-6,9-12,16H,2,7-8,13-15,17H2. The molecule has 4 aromatic rings. The number of aromatic nitrogens is 4. The molecule has 0 N–H and O–H groups in total. The summed E-state index contributed by atoms with van der Waals surface area (Å²) in [5, 5.41) is 10.6. The Bertz CT molecular complexity index is 1170. The molecule has 0 spiro atoms. The van der Waals surface area contributed by atoms with E-state index in [1.54, 1.807) is 18.0 Å². The molecule has 8 heteroatoms. The van der Waals surface area contributed by atoms with Crippen LogP contribution < -0.4 is 0 Å². The summed E-state index contributed by atoms with van der Waals surface area (Å²) in [5.41, 5.74) is 2.70. The Labute approximate surface area is 196 Å². The minimum atomic E-state index is 0.529. The summed E-state index contributed by atoms with van der Waals surface area (Å²) in [5.74, 6) is 2.13. The minimum absolute atomic E-state index is 0.529. The average molecular weight is 466 g/mol. The van der Waals surface area contributed by atoms with Crippen molar-refractivity contribution in [3.05, 3.63) is 77.4 Å². The van der Waals surface area contributed by atoms with Crippen LogP contribution in [0.3, 0.4) is 0 Å². The van der Waals surface area contributed by atoms with Crippen LogP contribution in [0, 0.1) is 0 Å². The van der Waals surface area contributed by atoms with Crippen molar-refractivity contribution in [2.75, 3.05) is 13.1 Å². The Morgan fingerprint density at radius 2 is 1.72 bits per heavy atom. The molecule has 1 aliphatic heterocycles. The number of oxazole rings is 1. The van der Waals surface area contributed by atoms with Crippen molar-refractivity contribution in [1.82, 2.24) is 24.6 Å². The molecule has 32 heavy (non-hydrogen) atoms. The van der Waals surface area contributed by atoms with Gasteiger partial charge in [0.1, 0.15) is 6.26 Å². The highest BCUT2D eigenvalue weighted by molar-refractivity contribution is 7.98. The molecule has 3 heterocycles. The maximum atomic E-state index is 6.28. The molecule has 1 saturated heterocycles. The smallest absolute Gasteiger partial charge is 0.227 e. The van der Waals surface area contributed by atoms with Gasteiger partial charge >= 0.3 is 0 Å². The molecule has 1 aliphatic rings. The van der Waals surface area contributed by atoms with Gasteiger partial charge in [0.05, 0.1) is 22.8 Å². The van der Waals surface area contributed by atoms with Crippen LogP contribution in [-0.2, 0) is 12.3 Å². The van der Waals surface area contributed by atoms with Gasteiger partial charge in [0, 0.05) is 11.4 Å². The van der Waals surface area contributed by atoms with Crippen molar-refractivity contribution in [3.63, 3.8) is 0 Å². The Balaban J connectivity index is 1.36. The third-order valence-electron chi connectivity index (χ3n) is 5.53. The highest BCUT2D eigenvalue weighted by Crippen LogP contribution is 2.30. The molecular weight excluding hydrogens is 442 g/mol. The number of thioether (sulfide) groups is 1. The highest BCUT2D eigenvalue weighted by Gasteiger charge is 2.19. The maximum absolute atomic E-state index is 6.28. The van der Waals surface area contributed by atoms with Crippen LogP contribution in [0.4, 0.5) is 0 Å². The first-order valence-electron chi connectivity index (χ1n) is 10.8. The van der Waals surface area contributed by atoms with E-state index < -0.39 is 0 Å². The largest absolute Gasteiger partial charge is 0.444 e. The summed E-state index contributed by atoms with van der Waals surface area (Å²) in [7, 11) is 0. The summed E-state index contributed by atoms with van der Waals surface area (Å²) in [6, 6.07) is 17.9. The van der Waals surface area contributed by atoms with Crippen molar-refractivity contribution in [2.45, 2.75) is 36.7 Å². The minimum Gasteiger partial charge on any atom is -0.444 e. The summed E-state index contributed by atoms with van der Waals surface area (Å²) in [6.07, 6.45) is 5.50. The Hall–Kier alpha value is -2.61. The third-order valence-corrected chi connectivity index (χ3v) is 6.83. The molecule has 0 radical (unpaired) electrons. The van der Waals surface area contributed by atoms with E-state index in [0.29, 0.717) is 16.7 Å². The van der Waals surface area contributed by atoms with E-state index >= 15 is 0 Å². The lowest BCUT2D eigenvalue weighted by atomic mass is 10.1. The second kappa shape index (κ2) is 9.90. The van der Waals surface area contributed by atoms with Crippen LogP contribution in [0.5, 0.6) is 0 Å². The lowest BCUT2D eigenvalue weighted by Crippen LogP contribution is -2.30. The zero-order chi connectivity index (χ0) is 21.8. The SMILES string of the molecule is Clc1ccccc1-c1nc(CSc2nnc(CN3CCCCC3)n2-c2ccccc2)co1. The second-order valence-electron chi connectivity index (χ2n) is 7.82. The Morgan fingerprint density at radius 3 is 2.53 bits per heavy atom. The Kier molecular flexibility index (Phi) is 6.57. The van der Waals surface area contributed by atoms with Gasteiger partial charge in [0.15, 0.2) is 11.0 Å². The van der Waals surface area contributed by atoms with E-state index in [4.69, 9.17) is 16.0 Å². The van der Waals surface area contributed by atoms with Crippen LogP contribution >= 0.6 is 23.4 Å². The van der Waals surface area contributed by atoms with Crippen molar-refractivity contribution in [3.8, 4) is 17.1 Å². The van der Waals surface area contributed by atoms with E-state index in [2.05, 4.69) is 36.8 Å². The number of halogens is 1. The quantitative estimate of drug-likeness (QED) is 0.319. The van der Waals surface area contributed by atoms with Crippen LogP contribution in [0.25, 0.3) is 17.1 Å². The molecule has 0 saturated carbocycles. The molecule has 0 aliphatic carbocycles. The van der Waals surface area contributed by atoms with Gasteiger partial charge in [-0.3, -0.25) is 9.47 Å². The number of rotatable bonds is 7. The maximum Gasteiger partial charge on any atom is 0.227 e. The third kappa shape index (κ3) is 4.75. The van der Waals surface area contributed by atoms with Crippen LogP contribution in [0.2, 0.25) is 5.02 Å². The van der Waals surface area contributed by atoms with Gasteiger partial charge in [0.25, 0.3) is 0 Å². The molecule has 0 bridgehead atoms. The lowest BCUT2D eigenvalue weighted by molar-refractivity contribution is 0.214. The van der Waals surface area contributed by atoms with Gasteiger partial charge in [-0.1, -0.05) is 60.1 Å². The van der Waals surface area contributed by atoms with E-state index in [9.17, 15) is 0 Å². The number of piperidine rings is 1. The van der Waals surface area contributed by atoms with Gasteiger partial charge < -0.3 is 4.42 Å². The van der Waals surface area contributed by atoms with Gasteiger partial charge in [-0.05, 0) is 50.2 Å². The van der Waals surface area contributed by atoms with Crippen LogP contribution in [0.1, 0.15) is 30.8 Å². The molecule has 2 aromatic carbocycles. The van der Waals surface area contributed by atoms with E-state index in [1.165, 1.54) is 19.3 Å². The van der Waals surface area contributed by atoms with Gasteiger partial charge in [0.2, 0.25) is 5.89 Å². The number of likely N-dealkylation sites (tertiary alicyclic amines) is 1. The zero-order valence-electron chi connectivity index (χ0n) is 17.7.